The van der Waals surface area contributed by atoms with Crippen molar-refractivity contribution in [1.82, 2.24) is 21.3 Å². The lowest BCUT2D eigenvalue weighted by molar-refractivity contribution is 0.545. The molecule has 0 unspecified atom stereocenters. The minimum absolute atomic E-state index is 0.782. The van der Waals surface area contributed by atoms with E-state index >= 15 is 0 Å². The van der Waals surface area contributed by atoms with Gasteiger partial charge in [-0.05, 0) is 104 Å². The Balaban J connectivity index is 2.91. The van der Waals surface area contributed by atoms with E-state index in [0.717, 1.165) is 78.3 Å². The molecular formula is C16H40N6. The van der Waals surface area contributed by atoms with Crippen molar-refractivity contribution < 1.29 is 0 Å². The first-order valence-corrected chi connectivity index (χ1v) is 9.14. The van der Waals surface area contributed by atoms with Gasteiger partial charge in [0.1, 0.15) is 0 Å². The number of unbranched alkanes of at least 4 members (excludes halogenated alkanes) is 1. The minimum Gasteiger partial charge on any atom is -0.330 e. The van der Waals surface area contributed by atoms with Crippen LogP contribution >= 0.6 is 0 Å². The third-order valence-electron chi connectivity index (χ3n) is 3.49. The summed E-state index contributed by atoms with van der Waals surface area (Å²) in [4.78, 5) is 0. The molecule has 0 saturated heterocycles. The molecule has 22 heavy (non-hydrogen) atoms. The molecule has 6 heteroatoms. The lowest BCUT2D eigenvalue weighted by Crippen LogP contribution is -2.25. The van der Waals surface area contributed by atoms with Crippen molar-refractivity contribution in [2.75, 3.05) is 65.4 Å². The van der Waals surface area contributed by atoms with E-state index in [9.17, 15) is 0 Å². The Morgan fingerprint density at radius 3 is 0.955 bits per heavy atom. The minimum atomic E-state index is 0.782. The smallest absolute Gasteiger partial charge is 0.00368 e. The van der Waals surface area contributed by atoms with Crippen LogP contribution in [-0.2, 0) is 0 Å². The fourth-order valence-electron chi connectivity index (χ4n) is 2.13. The van der Waals surface area contributed by atoms with Crippen molar-refractivity contribution in [2.24, 2.45) is 11.5 Å². The Bertz CT molecular complexity index is 171. The van der Waals surface area contributed by atoms with Crippen molar-refractivity contribution in [3.05, 3.63) is 0 Å². The summed E-state index contributed by atoms with van der Waals surface area (Å²) < 4.78 is 0. The first-order valence-electron chi connectivity index (χ1n) is 9.14. The summed E-state index contributed by atoms with van der Waals surface area (Å²) in [5, 5.41) is 13.8. The van der Waals surface area contributed by atoms with Gasteiger partial charge in [0.25, 0.3) is 0 Å². The molecule has 0 radical (unpaired) electrons. The molecule has 0 rings (SSSR count). The van der Waals surface area contributed by atoms with Crippen molar-refractivity contribution in [3.8, 4) is 0 Å². The third-order valence-corrected chi connectivity index (χ3v) is 3.49. The van der Waals surface area contributed by atoms with E-state index in [-0.39, 0.29) is 0 Å². The second-order valence-electron chi connectivity index (χ2n) is 5.70. The third kappa shape index (κ3) is 19.8. The highest BCUT2D eigenvalue weighted by Gasteiger charge is 1.92. The van der Waals surface area contributed by atoms with Crippen molar-refractivity contribution in [3.63, 3.8) is 0 Å². The zero-order chi connectivity index (χ0) is 16.1. The normalized spacial score (nSPS) is 11.2. The van der Waals surface area contributed by atoms with Gasteiger partial charge in [-0.15, -0.1) is 0 Å². The average molecular weight is 317 g/mol. The molecular weight excluding hydrogens is 276 g/mol. The van der Waals surface area contributed by atoms with Crippen LogP contribution in [0.25, 0.3) is 0 Å². The number of hydrogen-bond acceptors (Lipinski definition) is 6. The van der Waals surface area contributed by atoms with Crippen LogP contribution in [0.4, 0.5) is 0 Å². The van der Waals surface area contributed by atoms with E-state index in [1.165, 1.54) is 25.7 Å². The fraction of sp³-hybridized carbons (Fsp3) is 1.00. The monoisotopic (exact) mass is 316 g/mol. The molecule has 0 aromatic heterocycles. The highest BCUT2D eigenvalue weighted by molar-refractivity contribution is 4.56. The molecule has 8 N–H and O–H groups in total. The molecule has 0 aromatic rings. The first-order chi connectivity index (χ1) is 10.9. The second kappa shape index (κ2) is 20.8. The van der Waals surface area contributed by atoms with Crippen LogP contribution in [0.15, 0.2) is 0 Å². The molecule has 0 amide bonds. The van der Waals surface area contributed by atoms with E-state index in [2.05, 4.69) is 21.3 Å². The van der Waals surface area contributed by atoms with E-state index in [0.29, 0.717) is 0 Å². The van der Waals surface area contributed by atoms with Gasteiger partial charge in [-0.1, -0.05) is 0 Å². The lowest BCUT2D eigenvalue weighted by atomic mass is 10.3. The van der Waals surface area contributed by atoms with Gasteiger partial charge in [0.05, 0.1) is 0 Å². The van der Waals surface area contributed by atoms with Gasteiger partial charge in [-0.25, -0.2) is 0 Å². The fourth-order valence-corrected chi connectivity index (χ4v) is 2.13. The summed E-state index contributed by atoms with van der Waals surface area (Å²) in [5.41, 5.74) is 10.9. The maximum Gasteiger partial charge on any atom is -0.00368 e. The van der Waals surface area contributed by atoms with Gasteiger partial charge in [0, 0.05) is 0 Å². The van der Waals surface area contributed by atoms with E-state index in [1.807, 2.05) is 0 Å². The SMILES string of the molecule is NCCCNCCCNCCCCNCCCNCCCN. The summed E-state index contributed by atoms with van der Waals surface area (Å²) in [7, 11) is 0. The van der Waals surface area contributed by atoms with Crippen LogP contribution in [0.3, 0.4) is 0 Å². The molecule has 0 aliphatic heterocycles. The molecule has 0 aromatic carbocycles. The lowest BCUT2D eigenvalue weighted by Gasteiger charge is -2.07. The number of rotatable bonds is 19. The highest BCUT2D eigenvalue weighted by atomic mass is 14.9. The molecule has 0 saturated carbocycles. The molecule has 0 aliphatic carbocycles. The Morgan fingerprint density at radius 1 is 0.364 bits per heavy atom. The van der Waals surface area contributed by atoms with E-state index < -0.39 is 0 Å². The maximum absolute atomic E-state index is 5.44. The van der Waals surface area contributed by atoms with E-state index in [1.54, 1.807) is 0 Å². The molecule has 134 valence electrons. The van der Waals surface area contributed by atoms with Crippen molar-refractivity contribution >= 4 is 0 Å². The van der Waals surface area contributed by atoms with Gasteiger partial charge >= 0.3 is 0 Å². The van der Waals surface area contributed by atoms with Crippen LogP contribution in [0.2, 0.25) is 0 Å². The summed E-state index contributed by atoms with van der Waals surface area (Å²) in [6.45, 7) is 10.3. The summed E-state index contributed by atoms with van der Waals surface area (Å²) in [5.74, 6) is 0. The van der Waals surface area contributed by atoms with Crippen LogP contribution in [-0.4, -0.2) is 65.4 Å². The largest absolute Gasteiger partial charge is 0.330 e. The Hall–Kier alpha value is -0.240. The van der Waals surface area contributed by atoms with Gasteiger partial charge < -0.3 is 32.7 Å². The average Bonchev–Trinajstić information content (AvgIpc) is 2.54. The second-order valence-corrected chi connectivity index (χ2v) is 5.70. The standard InChI is InChI=1S/C16H40N6/c17-7-3-11-21-15-5-13-19-9-1-2-10-20-14-6-16-22-12-4-8-18/h19-22H,1-18H2. The molecule has 0 spiro atoms. The van der Waals surface area contributed by atoms with Crippen molar-refractivity contribution in [1.29, 1.82) is 0 Å². The molecule has 0 fully saturated rings. The predicted molar refractivity (Wildman–Crippen MR) is 97.3 cm³/mol. The van der Waals surface area contributed by atoms with Gasteiger partial charge in [0.15, 0.2) is 0 Å². The summed E-state index contributed by atoms with van der Waals surface area (Å²) in [6, 6.07) is 0. The quantitative estimate of drug-likeness (QED) is 0.181. The zero-order valence-electron chi connectivity index (χ0n) is 14.5. The molecule has 0 heterocycles. The topological polar surface area (TPSA) is 100 Å². The number of nitrogens with two attached hydrogens (primary N) is 2. The van der Waals surface area contributed by atoms with Crippen LogP contribution in [0, 0.1) is 0 Å². The Morgan fingerprint density at radius 2 is 0.636 bits per heavy atom. The number of nitrogens with one attached hydrogen (secondary N) is 4. The van der Waals surface area contributed by atoms with Gasteiger partial charge in [-0.3, -0.25) is 0 Å². The Labute approximate surface area is 137 Å². The predicted octanol–water partition coefficient (Wildman–Crippen LogP) is -0.397. The number of hydrogen-bond donors (Lipinski definition) is 6. The van der Waals surface area contributed by atoms with Gasteiger partial charge in [-0.2, -0.15) is 0 Å². The molecule has 0 bridgehead atoms. The zero-order valence-corrected chi connectivity index (χ0v) is 14.5. The van der Waals surface area contributed by atoms with Crippen LogP contribution in [0.5, 0.6) is 0 Å². The van der Waals surface area contributed by atoms with Gasteiger partial charge in [0.2, 0.25) is 0 Å². The molecule has 0 atom stereocenters. The maximum atomic E-state index is 5.44. The van der Waals surface area contributed by atoms with Crippen LogP contribution < -0.4 is 32.7 Å². The van der Waals surface area contributed by atoms with E-state index in [4.69, 9.17) is 11.5 Å². The summed E-state index contributed by atoms with van der Waals surface area (Å²) in [6.07, 6.45) is 7.04. The first kappa shape index (κ1) is 21.8. The Kier molecular flexibility index (Phi) is 20.5. The summed E-state index contributed by atoms with van der Waals surface area (Å²) >= 11 is 0. The highest BCUT2D eigenvalue weighted by Crippen LogP contribution is 1.86. The molecule has 0 aliphatic rings. The van der Waals surface area contributed by atoms with Crippen molar-refractivity contribution in [2.45, 2.75) is 38.5 Å². The van der Waals surface area contributed by atoms with Crippen LogP contribution in [0.1, 0.15) is 38.5 Å². The molecule has 6 nitrogen and oxygen atoms in total.